The maximum atomic E-state index is 12.1. The molecule has 4 nitrogen and oxygen atoms in total. The molecule has 1 aromatic carbocycles. The summed E-state index contributed by atoms with van der Waals surface area (Å²) in [7, 11) is 1.79. The highest BCUT2D eigenvalue weighted by Gasteiger charge is 2.15. The summed E-state index contributed by atoms with van der Waals surface area (Å²) in [5.74, 6) is -0.547. The summed E-state index contributed by atoms with van der Waals surface area (Å²) in [6.45, 7) is 1.89. The van der Waals surface area contributed by atoms with E-state index in [0.29, 0.717) is 10.7 Å². The van der Waals surface area contributed by atoms with E-state index in [1.807, 2.05) is 13.0 Å². The third-order valence-corrected chi connectivity index (χ3v) is 3.39. The molecule has 0 spiro atoms. The number of anilines is 1. The first-order valence-electron chi connectivity index (χ1n) is 5.52. The Morgan fingerprint density at radius 3 is 2.58 bits per heavy atom. The van der Waals surface area contributed by atoms with Gasteiger partial charge in [0, 0.05) is 17.8 Å². The first kappa shape index (κ1) is 13.8. The van der Waals surface area contributed by atoms with Crippen LogP contribution in [0.1, 0.15) is 16.2 Å². The Bertz CT molecular complexity index is 650. The molecule has 19 heavy (non-hydrogen) atoms. The highest BCUT2D eigenvalue weighted by Crippen LogP contribution is 2.35. The van der Waals surface area contributed by atoms with E-state index in [2.05, 4.69) is 5.32 Å². The van der Waals surface area contributed by atoms with Crippen molar-refractivity contribution in [2.45, 2.75) is 6.92 Å². The van der Waals surface area contributed by atoms with E-state index >= 15 is 0 Å². The second-order valence-electron chi connectivity index (χ2n) is 4.16. The number of phenols is 1. The molecular weight excluding hydrogens is 287 g/mol. The molecular formula is C13H12Cl2N2O2. The van der Waals surface area contributed by atoms with Gasteiger partial charge in [0.25, 0.3) is 5.91 Å². The van der Waals surface area contributed by atoms with Crippen LogP contribution in [-0.2, 0) is 7.05 Å². The highest BCUT2D eigenvalue weighted by molar-refractivity contribution is 6.36. The van der Waals surface area contributed by atoms with Gasteiger partial charge in [0.1, 0.15) is 5.69 Å². The summed E-state index contributed by atoms with van der Waals surface area (Å²) >= 11 is 11.6. The molecule has 0 saturated heterocycles. The summed E-state index contributed by atoms with van der Waals surface area (Å²) in [4.78, 5) is 12.1. The molecule has 0 aliphatic heterocycles. The van der Waals surface area contributed by atoms with Gasteiger partial charge in [0.15, 0.2) is 5.75 Å². The van der Waals surface area contributed by atoms with Gasteiger partial charge in [-0.2, -0.15) is 0 Å². The monoisotopic (exact) mass is 298 g/mol. The van der Waals surface area contributed by atoms with Gasteiger partial charge in [-0.15, -0.1) is 0 Å². The normalized spacial score (nSPS) is 10.5. The number of nitrogens with zero attached hydrogens (tertiary/aromatic N) is 1. The van der Waals surface area contributed by atoms with Gasteiger partial charge < -0.3 is 15.0 Å². The van der Waals surface area contributed by atoms with Crippen molar-refractivity contribution in [1.82, 2.24) is 4.57 Å². The minimum Gasteiger partial charge on any atom is -0.504 e. The summed E-state index contributed by atoms with van der Waals surface area (Å²) in [6, 6.07) is 6.38. The lowest BCUT2D eigenvalue weighted by molar-refractivity contribution is 0.101. The van der Waals surface area contributed by atoms with Gasteiger partial charge in [0.05, 0.1) is 10.7 Å². The molecule has 0 radical (unpaired) electrons. The number of halogens is 2. The number of aromatic nitrogens is 1. The zero-order valence-corrected chi connectivity index (χ0v) is 11.9. The minimum absolute atomic E-state index is 0.0888. The fourth-order valence-electron chi connectivity index (χ4n) is 1.69. The summed E-state index contributed by atoms with van der Waals surface area (Å²) in [6.07, 6.45) is 0. The summed E-state index contributed by atoms with van der Waals surface area (Å²) in [5, 5.41) is 12.8. The van der Waals surface area contributed by atoms with Crippen LogP contribution in [0.15, 0.2) is 24.3 Å². The maximum absolute atomic E-state index is 12.1. The molecule has 0 aliphatic rings. The number of rotatable bonds is 2. The Hall–Kier alpha value is -1.65. The number of phenolic OH excluding ortho intramolecular Hbond substituents is 1. The lowest BCUT2D eigenvalue weighted by Crippen LogP contribution is -2.16. The first-order chi connectivity index (χ1) is 8.90. The third kappa shape index (κ3) is 2.69. The average Bonchev–Trinajstić information content (AvgIpc) is 2.66. The number of aryl methyl sites for hydroxylation is 1. The number of benzene rings is 1. The maximum Gasteiger partial charge on any atom is 0.272 e. The van der Waals surface area contributed by atoms with Crippen LogP contribution in [-0.4, -0.2) is 15.6 Å². The van der Waals surface area contributed by atoms with Crippen LogP contribution in [0.5, 0.6) is 5.75 Å². The fraction of sp³-hybridized carbons (Fsp3) is 0.154. The number of hydrogen-bond acceptors (Lipinski definition) is 2. The van der Waals surface area contributed by atoms with Gasteiger partial charge in [-0.05, 0) is 31.2 Å². The minimum atomic E-state index is -0.343. The molecule has 0 bridgehead atoms. The Morgan fingerprint density at radius 2 is 2.00 bits per heavy atom. The molecule has 0 aliphatic carbocycles. The van der Waals surface area contributed by atoms with Gasteiger partial charge in [0.2, 0.25) is 0 Å². The Labute approximate surface area is 120 Å². The van der Waals surface area contributed by atoms with Gasteiger partial charge >= 0.3 is 0 Å². The van der Waals surface area contributed by atoms with Gasteiger partial charge in [-0.1, -0.05) is 23.2 Å². The molecule has 1 aromatic heterocycles. The number of aromatic hydroxyl groups is 1. The molecule has 0 fully saturated rings. The van der Waals surface area contributed by atoms with Crippen LogP contribution in [0.2, 0.25) is 10.0 Å². The number of hydrogen-bond donors (Lipinski definition) is 2. The van der Waals surface area contributed by atoms with Crippen LogP contribution < -0.4 is 5.32 Å². The summed E-state index contributed by atoms with van der Waals surface area (Å²) < 4.78 is 1.75. The summed E-state index contributed by atoms with van der Waals surface area (Å²) in [5.41, 5.74) is 1.62. The number of nitrogens with one attached hydrogen (secondary N) is 1. The Balaban J connectivity index is 2.32. The predicted octanol–water partition coefficient (Wildman–Crippen LogP) is 3.60. The van der Waals surface area contributed by atoms with Crippen LogP contribution in [0, 0.1) is 6.92 Å². The quantitative estimate of drug-likeness (QED) is 0.832. The average molecular weight is 299 g/mol. The molecule has 6 heteroatoms. The second-order valence-corrected chi connectivity index (χ2v) is 5.00. The molecule has 1 amide bonds. The van der Waals surface area contributed by atoms with Crippen molar-refractivity contribution < 1.29 is 9.90 Å². The second kappa shape index (κ2) is 5.15. The zero-order chi connectivity index (χ0) is 14.2. The smallest absolute Gasteiger partial charge is 0.272 e. The van der Waals surface area contributed by atoms with E-state index in [1.165, 1.54) is 12.1 Å². The van der Waals surface area contributed by atoms with Gasteiger partial charge in [-0.3, -0.25) is 4.79 Å². The number of carbonyl (C=O) groups is 1. The lowest BCUT2D eigenvalue weighted by atomic mass is 10.2. The van der Waals surface area contributed by atoms with Crippen molar-refractivity contribution in [2.75, 3.05) is 5.32 Å². The van der Waals surface area contributed by atoms with Crippen LogP contribution >= 0.6 is 23.2 Å². The van der Waals surface area contributed by atoms with E-state index in [0.717, 1.165) is 5.69 Å². The van der Waals surface area contributed by atoms with Crippen molar-refractivity contribution in [1.29, 1.82) is 0 Å². The molecule has 100 valence electrons. The van der Waals surface area contributed by atoms with Crippen LogP contribution in [0.3, 0.4) is 0 Å². The van der Waals surface area contributed by atoms with E-state index in [1.54, 1.807) is 17.7 Å². The molecule has 0 saturated carbocycles. The van der Waals surface area contributed by atoms with Crippen molar-refractivity contribution >= 4 is 34.8 Å². The van der Waals surface area contributed by atoms with Crippen molar-refractivity contribution in [3.63, 3.8) is 0 Å². The molecule has 2 aromatic rings. The zero-order valence-electron chi connectivity index (χ0n) is 10.4. The molecule has 0 atom stereocenters. The van der Waals surface area contributed by atoms with E-state index in [9.17, 15) is 9.90 Å². The topological polar surface area (TPSA) is 54.3 Å². The van der Waals surface area contributed by atoms with Crippen molar-refractivity contribution in [2.24, 2.45) is 7.05 Å². The van der Waals surface area contributed by atoms with Crippen molar-refractivity contribution in [3.8, 4) is 5.75 Å². The third-order valence-electron chi connectivity index (χ3n) is 2.88. The number of carbonyl (C=O) groups excluding carboxylic acids is 1. The SMILES string of the molecule is Cc1ccc(C(=O)Nc2cc(Cl)cc(Cl)c2O)n1C. The Morgan fingerprint density at radius 1 is 1.32 bits per heavy atom. The fourth-order valence-corrected chi connectivity index (χ4v) is 2.18. The van der Waals surface area contributed by atoms with Crippen LogP contribution in [0.4, 0.5) is 5.69 Å². The van der Waals surface area contributed by atoms with E-state index < -0.39 is 0 Å². The van der Waals surface area contributed by atoms with Gasteiger partial charge in [-0.25, -0.2) is 0 Å². The molecule has 1 heterocycles. The molecule has 0 unspecified atom stereocenters. The van der Waals surface area contributed by atoms with E-state index in [4.69, 9.17) is 23.2 Å². The standard InChI is InChI=1S/C13H12Cl2N2O2/c1-7-3-4-11(17(7)2)13(19)16-10-6-8(14)5-9(15)12(10)18/h3-6,18H,1-2H3,(H,16,19). The molecule has 2 rings (SSSR count). The number of amides is 1. The largest absolute Gasteiger partial charge is 0.504 e. The predicted molar refractivity (Wildman–Crippen MR) is 76.2 cm³/mol. The van der Waals surface area contributed by atoms with Crippen molar-refractivity contribution in [3.05, 3.63) is 45.7 Å². The Kier molecular flexibility index (Phi) is 3.73. The first-order valence-corrected chi connectivity index (χ1v) is 6.27. The highest BCUT2D eigenvalue weighted by atomic mass is 35.5. The lowest BCUT2D eigenvalue weighted by Gasteiger charge is -2.10. The van der Waals surface area contributed by atoms with Crippen LogP contribution in [0.25, 0.3) is 0 Å². The molecule has 2 N–H and O–H groups in total. The van der Waals surface area contributed by atoms with E-state index in [-0.39, 0.29) is 22.4 Å².